The van der Waals surface area contributed by atoms with Crippen molar-refractivity contribution in [3.63, 3.8) is 0 Å². The number of anilines is 1. The molecule has 0 aliphatic rings. The first-order chi connectivity index (χ1) is 10.2. The number of nitrogens with one attached hydrogen (secondary N) is 1. The van der Waals surface area contributed by atoms with Gasteiger partial charge in [0, 0.05) is 28.5 Å². The van der Waals surface area contributed by atoms with Gasteiger partial charge in [-0.05, 0) is 30.3 Å². The van der Waals surface area contributed by atoms with Crippen LogP contribution in [0.2, 0.25) is 5.02 Å². The Hall–Kier alpha value is -2.31. The zero-order valence-corrected chi connectivity index (χ0v) is 12.2. The highest BCUT2D eigenvalue weighted by molar-refractivity contribution is 7.18. The Morgan fingerprint density at radius 1 is 1.19 bits per heavy atom. The van der Waals surface area contributed by atoms with Gasteiger partial charge in [-0.15, -0.1) is 10.2 Å². The minimum absolute atomic E-state index is 0.272. The molecule has 0 unspecified atom stereocenters. The van der Waals surface area contributed by atoms with Gasteiger partial charge in [-0.3, -0.25) is 15.1 Å². The zero-order valence-electron chi connectivity index (χ0n) is 10.7. The molecule has 1 aromatic carbocycles. The largest absolute Gasteiger partial charge is 0.296 e. The maximum absolute atomic E-state index is 12.1. The van der Waals surface area contributed by atoms with Crippen LogP contribution in [0.25, 0.3) is 10.6 Å². The summed E-state index contributed by atoms with van der Waals surface area (Å²) in [4.78, 5) is 16.1. The summed E-state index contributed by atoms with van der Waals surface area (Å²) >= 11 is 7.15. The number of nitrogens with zero attached hydrogens (tertiary/aromatic N) is 3. The maximum Gasteiger partial charge on any atom is 0.257 e. The Morgan fingerprint density at radius 3 is 2.86 bits per heavy atom. The van der Waals surface area contributed by atoms with Crippen LogP contribution in [0.15, 0.2) is 48.8 Å². The predicted molar refractivity (Wildman–Crippen MR) is 82.5 cm³/mol. The molecule has 0 saturated heterocycles. The molecular weight excluding hydrogens is 308 g/mol. The molecule has 2 aromatic heterocycles. The second-order valence-electron chi connectivity index (χ2n) is 4.12. The molecule has 0 bridgehead atoms. The van der Waals surface area contributed by atoms with E-state index in [4.69, 9.17) is 11.6 Å². The lowest BCUT2D eigenvalue weighted by Crippen LogP contribution is -2.11. The Labute approximate surface area is 129 Å². The molecule has 21 heavy (non-hydrogen) atoms. The van der Waals surface area contributed by atoms with Crippen molar-refractivity contribution >= 4 is 34.0 Å². The summed E-state index contributed by atoms with van der Waals surface area (Å²) in [6.45, 7) is 0. The molecule has 1 amide bonds. The summed E-state index contributed by atoms with van der Waals surface area (Å²) in [5.41, 5.74) is 1.33. The number of aromatic nitrogens is 3. The van der Waals surface area contributed by atoms with Crippen LogP contribution in [0.3, 0.4) is 0 Å². The number of carbonyl (C=O) groups is 1. The molecule has 104 valence electrons. The Morgan fingerprint density at radius 2 is 2.10 bits per heavy atom. The van der Waals surface area contributed by atoms with Crippen LogP contribution >= 0.6 is 22.9 Å². The molecule has 0 spiro atoms. The van der Waals surface area contributed by atoms with Crippen LogP contribution in [0, 0.1) is 0 Å². The summed E-state index contributed by atoms with van der Waals surface area (Å²) in [5, 5.41) is 12.3. The molecule has 1 N–H and O–H groups in total. The van der Waals surface area contributed by atoms with E-state index >= 15 is 0 Å². The topological polar surface area (TPSA) is 67.8 Å². The van der Waals surface area contributed by atoms with Gasteiger partial charge in [-0.1, -0.05) is 29.0 Å². The molecule has 0 radical (unpaired) electrons. The fourth-order valence-corrected chi connectivity index (χ4v) is 2.60. The normalized spacial score (nSPS) is 10.3. The molecule has 0 aliphatic carbocycles. The highest BCUT2D eigenvalue weighted by atomic mass is 35.5. The van der Waals surface area contributed by atoms with Crippen LogP contribution < -0.4 is 5.32 Å². The predicted octanol–water partition coefficient (Wildman–Crippen LogP) is 3.51. The standard InChI is InChI=1S/C14H9ClN4OS/c15-11-5-1-3-9(7-11)12(20)17-14-19-18-13(21-14)10-4-2-6-16-8-10/h1-8H,(H,17,19,20). The summed E-state index contributed by atoms with van der Waals surface area (Å²) < 4.78 is 0. The van der Waals surface area contributed by atoms with Crippen molar-refractivity contribution in [1.29, 1.82) is 0 Å². The molecule has 7 heteroatoms. The first-order valence-electron chi connectivity index (χ1n) is 6.03. The third-order valence-corrected chi connectivity index (χ3v) is 3.76. The number of hydrogen-bond acceptors (Lipinski definition) is 5. The van der Waals surface area contributed by atoms with Gasteiger partial charge in [0.2, 0.25) is 5.13 Å². The van der Waals surface area contributed by atoms with E-state index in [1.165, 1.54) is 11.3 Å². The van der Waals surface area contributed by atoms with E-state index in [2.05, 4.69) is 20.5 Å². The van der Waals surface area contributed by atoms with Crippen molar-refractivity contribution in [3.8, 4) is 10.6 Å². The zero-order chi connectivity index (χ0) is 14.7. The lowest BCUT2D eigenvalue weighted by molar-refractivity contribution is 0.102. The van der Waals surface area contributed by atoms with Gasteiger partial charge in [-0.2, -0.15) is 0 Å². The van der Waals surface area contributed by atoms with Gasteiger partial charge in [0.15, 0.2) is 5.01 Å². The second kappa shape index (κ2) is 5.99. The summed E-state index contributed by atoms with van der Waals surface area (Å²) in [6, 6.07) is 10.4. The number of rotatable bonds is 3. The van der Waals surface area contributed by atoms with Crippen LogP contribution in [-0.2, 0) is 0 Å². The minimum atomic E-state index is -0.272. The number of carbonyl (C=O) groups excluding carboxylic acids is 1. The van der Waals surface area contributed by atoms with Crippen molar-refractivity contribution in [2.75, 3.05) is 5.32 Å². The van der Waals surface area contributed by atoms with E-state index in [1.807, 2.05) is 12.1 Å². The summed E-state index contributed by atoms with van der Waals surface area (Å²) in [7, 11) is 0. The summed E-state index contributed by atoms with van der Waals surface area (Å²) in [5.74, 6) is -0.272. The highest BCUT2D eigenvalue weighted by Crippen LogP contribution is 2.25. The van der Waals surface area contributed by atoms with E-state index in [0.717, 1.165) is 5.56 Å². The van der Waals surface area contributed by atoms with E-state index in [1.54, 1.807) is 36.7 Å². The number of pyridine rings is 1. The Bertz CT molecular complexity index is 775. The van der Waals surface area contributed by atoms with Gasteiger partial charge < -0.3 is 0 Å². The van der Waals surface area contributed by atoms with Gasteiger partial charge in [0.1, 0.15) is 0 Å². The third kappa shape index (κ3) is 3.24. The molecule has 5 nitrogen and oxygen atoms in total. The SMILES string of the molecule is O=C(Nc1nnc(-c2cccnc2)s1)c1cccc(Cl)c1. The van der Waals surface area contributed by atoms with Gasteiger partial charge in [0.05, 0.1) is 0 Å². The van der Waals surface area contributed by atoms with Crippen molar-refractivity contribution in [2.45, 2.75) is 0 Å². The van der Waals surface area contributed by atoms with Gasteiger partial charge in [0.25, 0.3) is 5.91 Å². The lowest BCUT2D eigenvalue weighted by atomic mass is 10.2. The maximum atomic E-state index is 12.1. The van der Waals surface area contributed by atoms with E-state index in [0.29, 0.717) is 20.7 Å². The summed E-state index contributed by atoms with van der Waals surface area (Å²) in [6.07, 6.45) is 3.38. The Balaban J connectivity index is 1.77. The number of halogens is 1. The first-order valence-corrected chi connectivity index (χ1v) is 7.22. The molecule has 0 saturated carbocycles. The number of amides is 1. The quantitative estimate of drug-likeness (QED) is 0.803. The fourth-order valence-electron chi connectivity index (χ4n) is 1.68. The molecule has 0 fully saturated rings. The highest BCUT2D eigenvalue weighted by Gasteiger charge is 2.11. The van der Waals surface area contributed by atoms with Crippen LogP contribution in [-0.4, -0.2) is 21.1 Å². The molecule has 2 heterocycles. The van der Waals surface area contributed by atoms with Crippen molar-refractivity contribution in [2.24, 2.45) is 0 Å². The van der Waals surface area contributed by atoms with Crippen molar-refractivity contribution < 1.29 is 4.79 Å². The van der Waals surface area contributed by atoms with Crippen LogP contribution in [0.4, 0.5) is 5.13 Å². The number of benzene rings is 1. The fraction of sp³-hybridized carbons (Fsp3) is 0. The molecule has 3 rings (SSSR count). The number of hydrogen-bond donors (Lipinski definition) is 1. The van der Waals surface area contributed by atoms with E-state index in [9.17, 15) is 4.79 Å². The molecule has 3 aromatic rings. The third-order valence-electron chi connectivity index (χ3n) is 2.64. The van der Waals surface area contributed by atoms with Crippen LogP contribution in [0.1, 0.15) is 10.4 Å². The average molecular weight is 317 g/mol. The average Bonchev–Trinajstić information content (AvgIpc) is 2.97. The smallest absolute Gasteiger partial charge is 0.257 e. The van der Waals surface area contributed by atoms with Crippen molar-refractivity contribution in [1.82, 2.24) is 15.2 Å². The van der Waals surface area contributed by atoms with Gasteiger partial charge in [-0.25, -0.2) is 0 Å². The van der Waals surface area contributed by atoms with Crippen molar-refractivity contribution in [3.05, 3.63) is 59.4 Å². The second-order valence-corrected chi connectivity index (χ2v) is 5.53. The van der Waals surface area contributed by atoms with E-state index < -0.39 is 0 Å². The van der Waals surface area contributed by atoms with E-state index in [-0.39, 0.29) is 5.91 Å². The lowest BCUT2D eigenvalue weighted by Gasteiger charge is -2.01. The molecular formula is C14H9ClN4OS. The molecule has 0 aliphatic heterocycles. The Kier molecular flexibility index (Phi) is 3.89. The van der Waals surface area contributed by atoms with Gasteiger partial charge >= 0.3 is 0 Å². The molecule has 0 atom stereocenters. The van der Waals surface area contributed by atoms with Crippen LogP contribution in [0.5, 0.6) is 0 Å². The minimum Gasteiger partial charge on any atom is -0.296 e. The monoisotopic (exact) mass is 316 g/mol. The first kappa shape index (κ1) is 13.7.